The number of aromatic nitrogens is 3. The number of nitrogen functional groups attached to an aromatic ring is 1. The molecule has 78 valence electrons. The predicted octanol–water partition coefficient (Wildman–Crippen LogP) is -0.609. The third-order valence-corrected chi connectivity index (χ3v) is 1.88. The Kier molecular flexibility index (Phi) is 1.93. The summed E-state index contributed by atoms with van der Waals surface area (Å²) in [4.78, 5) is 24.7. The SMILES string of the molecule is COC(=O)c1cc2[nH]c(=O)cc(N)n2n1. The van der Waals surface area contributed by atoms with E-state index < -0.39 is 5.97 Å². The van der Waals surface area contributed by atoms with Gasteiger partial charge in [0.15, 0.2) is 5.69 Å². The molecule has 0 aromatic carbocycles. The van der Waals surface area contributed by atoms with Gasteiger partial charge in [-0.25, -0.2) is 9.31 Å². The van der Waals surface area contributed by atoms with E-state index in [-0.39, 0.29) is 17.1 Å². The van der Waals surface area contributed by atoms with E-state index in [4.69, 9.17) is 5.73 Å². The second-order valence-electron chi connectivity index (χ2n) is 2.88. The smallest absolute Gasteiger partial charge is 0.358 e. The number of hydrogen-bond donors (Lipinski definition) is 2. The number of hydrogen-bond acceptors (Lipinski definition) is 5. The summed E-state index contributed by atoms with van der Waals surface area (Å²) < 4.78 is 5.75. The normalized spacial score (nSPS) is 10.5. The van der Waals surface area contributed by atoms with Crippen LogP contribution >= 0.6 is 0 Å². The van der Waals surface area contributed by atoms with Crippen molar-refractivity contribution in [3.05, 3.63) is 28.2 Å². The molecule has 2 aromatic rings. The van der Waals surface area contributed by atoms with Crippen LogP contribution < -0.4 is 11.3 Å². The molecular weight excluding hydrogens is 200 g/mol. The number of nitrogens with one attached hydrogen (secondary N) is 1. The Labute approximate surface area is 83.5 Å². The molecule has 7 nitrogen and oxygen atoms in total. The Balaban J connectivity index is 2.70. The molecule has 0 amide bonds. The van der Waals surface area contributed by atoms with Crippen LogP contribution in [0.25, 0.3) is 5.65 Å². The van der Waals surface area contributed by atoms with Gasteiger partial charge in [-0.15, -0.1) is 0 Å². The number of fused-ring (bicyclic) bond motifs is 1. The number of anilines is 1. The van der Waals surface area contributed by atoms with Crippen molar-refractivity contribution in [1.29, 1.82) is 0 Å². The molecule has 0 fully saturated rings. The van der Waals surface area contributed by atoms with E-state index >= 15 is 0 Å². The molecule has 0 saturated carbocycles. The minimum atomic E-state index is -0.584. The summed E-state index contributed by atoms with van der Waals surface area (Å²) in [5, 5.41) is 3.87. The van der Waals surface area contributed by atoms with Gasteiger partial charge in [-0.3, -0.25) is 4.79 Å². The highest BCUT2D eigenvalue weighted by Crippen LogP contribution is 2.06. The van der Waals surface area contributed by atoms with Crippen molar-refractivity contribution in [3.8, 4) is 0 Å². The zero-order chi connectivity index (χ0) is 11.0. The van der Waals surface area contributed by atoms with E-state index in [1.807, 2.05) is 0 Å². The van der Waals surface area contributed by atoms with Crippen molar-refractivity contribution < 1.29 is 9.53 Å². The molecule has 15 heavy (non-hydrogen) atoms. The third-order valence-electron chi connectivity index (χ3n) is 1.88. The largest absolute Gasteiger partial charge is 0.464 e. The van der Waals surface area contributed by atoms with E-state index in [2.05, 4.69) is 14.8 Å². The Bertz CT molecular complexity index is 583. The van der Waals surface area contributed by atoms with Crippen molar-refractivity contribution in [3.63, 3.8) is 0 Å². The monoisotopic (exact) mass is 208 g/mol. The van der Waals surface area contributed by atoms with Crippen LogP contribution in [0.2, 0.25) is 0 Å². The highest BCUT2D eigenvalue weighted by molar-refractivity contribution is 5.88. The van der Waals surface area contributed by atoms with Crippen LogP contribution in [0.4, 0.5) is 5.82 Å². The van der Waals surface area contributed by atoms with Crippen LogP contribution in [-0.4, -0.2) is 27.7 Å². The first-order chi connectivity index (χ1) is 7.11. The number of carbonyl (C=O) groups excluding carboxylic acids is 1. The van der Waals surface area contributed by atoms with Crippen LogP contribution in [0.5, 0.6) is 0 Å². The average Bonchev–Trinajstić information content (AvgIpc) is 2.60. The summed E-state index contributed by atoms with van der Waals surface area (Å²) in [5.41, 5.74) is 5.63. The molecule has 0 atom stereocenters. The maximum Gasteiger partial charge on any atom is 0.358 e. The molecule has 0 aliphatic carbocycles. The zero-order valence-electron chi connectivity index (χ0n) is 7.85. The second-order valence-corrected chi connectivity index (χ2v) is 2.88. The first-order valence-corrected chi connectivity index (χ1v) is 4.08. The molecule has 0 saturated heterocycles. The lowest BCUT2D eigenvalue weighted by Gasteiger charge is -1.95. The molecular formula is C8H8N4O3. The van der Waals surface area contributed by atoms with Gasteiger partial charge in [0.2, 0.25) is 0 Å². The van der Waals surface area contributed by atoms with E-state index in [0.717, 1.165) is 0 Å². The molecule has 0 bridgehead atoms. The topological polar surface area (TPSA) is 102 Å². The third kappa shape index (κ3) is 1.43. The zero-order valence-corrected chi connectivity index (χ0v) is 7.85. The van der Waals surface area contributed by atoms with Gasteiger partial charge in [0.1, 0.15) is 11.5 Å². The van der Waals surface area contributed by atoms with Crippen LogP contribution in [0.15, 0.2) is 16.9 Å². The first kappa shape index (κ1) is 9.25. The fraction of sp³-hybridized carbons (Fsp3) is 0.125. The van der Waals surface area contributed by atoms with Crippen LogP contribution in [-0.2, 0) is 4.74 Å². The molecule has 0 aliphatic rings. The van der Waals surface area contributed by atoms with Gasteiger partial charge >= 0.3 is 5.97 Å². The average molecular weight is 208 g/mol. The summed E-state index contributed by atoms with van der Waals surface area (Å²) >= 11 is 0. The lowest BCUT2D eigenvalue weighted by molar-refractivity contribution is 0.0593. The highest BCUT2D eigenvalue weighted by atomic mass is 16.5. The minimum Gasteiger partial charge on any atom is -0.464 e. The number of nitrogens with two attached hydrogens (primary N) is 1. The second kappa shape index (κ2) is 3.12. The Morgan fingerprint density at radius 3 is 3.00 bits per heavy atom. The lowest BCUT2D eigenvalue weighted by atomic mass is 10.4. The summed E-state index contributed by atoms with van der Waals surface area (Å²) in [6, 6.07) is 2.57. The number of carbonyl (C=O) groups is 1. The maximum absolute atomic E-state index is 11.1. The molecule has 2 aromatic heterocycles. The van der Waals surface area contributed by atoms with Gasteiger partial charge in [-0.2, -0.15) is 5.10 Å². The van der Waals surface area contributed by atoms with Crippen LogP contribution in [0.1, 0.15) is 10.5 Å². The van der Waals surface area contributed by atoms with Gasteiger partial charge in [0, 0.05) is 12.1 Å². The molecule has 0 spiro atoms. The fourth-order valence-electron chi connectivity index (χ4n) is 1.23. The quantitative estimate of drug-likeness (QED) is 0.608. The Morgan fingerprint density at radius 2 is 2.33 bits per heavy atom. The van der Waals surface area contributed by atoms with Gasteiger partial charge < -0.3 is 15.5 Å². The van der Waals surface area contributed by atoms with E-state index in [0.29, 0.717) is 5.65 Å². The number of rotatable bonds is 1. The maximum atomic E-state index is 11.1. The summed E-state index contributed by atoms with van der Waals surface area (Å²) in [6.45, 7) is 0. The molecule has 2 rings (SSSR count). The summed E-state index contributed by atoms with van der Waals surface area (Å²) in [6.07, 6.45) is 0. The van der Waals surface area contributed by atoms with Crippen molar-refractivity contribution in [2.75, 3.05) is 12.8 Å². The van der Waals surface area contributed by atoms with Gasteiger partial charge in [0.05, 0.1) is 7.11 Å². The summed E-state index contributed by atoms with van der Waals surface area (Å²) in [5.74, 6) is -0.428. The minimum absolute atomic E-state index is 0.0889. The number of aromatic amines is 1. The van der Waals surface area contributed by atoms with Gasteiger partial charge in [0.25, 0.3) is 5.56 Å². The number of ether oxygens (including phenoxy) is 1. The Morgan fingerprint density at radius 1 is 1.60 bits per heavy atom. The molecule has 0 radical (unpaired) electrons. The number of esters is 1. The molecule has 2 heterocycles. The van der Waals surface area contributed by atoms with E-state index in [1.165, 1.54) is 23.8 Å². The Hall–Kier alpha value is -2.31. The van der Waals surface area contributed by atoms with Crippen molar-refractivity contribution in [1.82, 2.24) is 14.6 Å². The number of H-pyrrole nitrogens is 1. The van der Waals surface area contributed by atoms with Gasteiger partial charge in [-0.05, 0) is 0 Å². The molecule has 3 N–H and O–H groups in total. The van der Waals surface area contributed by atoms with Crippen LogP contribution in [0, 0.1) is 0 Å². The number of nitrogens with zero attached hydrogens (tertiary/aromatic N) is 2. The fourth-order valence-corrected chi connectivity index (χ4v) is 1.23. The lowest BCUT2D eigenvalue weighted by Crippen LogP contribution is -2.11. The highest BCUT2D eigenvalue weighted by Gasteiger charge is 2.12. The van der Waals surface area contributed by atoms with E-state index in [9.17, 15) is 9.59 Å². The van der Waals surface area contributed by atoms with Crippen molar-refractivity contribution in [2.45, 2.75) is 0 Å². The molecule has 0 unspecified atom stereocenters. The predicted molar refractivity (Wildman–Crippen MR) is 51.6 cm³/mol. The van der Waals surface area contributed by atoms with Crippen LogP contribution in [0.3, 0.4) is 0 Å². The number of methoxy groups -OCH3 is 1. The van der Waals surface area contributed by atoms with E-state index in [1.54, 1.807) is 0 Å². The first-order valence-electron chi connectivity index (χ1n) is 4.08. The van der Waals surface area contributed by atoms with Crippen molar-refractivity contribution in [2.24, 2.45) is 0 Å². The standard InChI is InChI=1S/C8H8N4O3/c1-15-8(14)4-2-6-10-7(13)3-5(9)12(6)11-4/h2-3H,9H2,1H3,(H,10,13). The molecule has 0 aliphatic heterocycles. The van der Waals surface area contributed by atoms with Crippen molar-refractivity contribution >= 4 is 17.4 Å². The molecule has 7 heteroatoms. The van der Waals surface area contributed by atoms with Gasteiger partial charge in [-0.1, -0.05) is 0 Å². The summed E-state index contributed by atoms with van der Waals surface area (Å²) in [7, 11) is 1.25.